The van der Waals surface area contributed by atoms with Gasteiger partial charge < -0.3 is 19.6 Å². The number of carbonyl (C=O) groups excluding carboxylic acids is 2. The predicted octanol–water partition coefficient (Wildman–Crippen LogP) is 5.94. The van der Waals surface area contributed by atoms with Crippen LogP contribution in [-0.4, -0.2) is 78.6 Å². The second-order valence-electron chi connectivity index (χ2n) is 9.54. The summed E-state index contributed by atoms with van der Waals surface area (Å²) in [6, 6.07) is -0.464. The molecule has 2 rings (SSSR count). The van der Waals surface area contributed by atoms with Crippen LogP contribution in [0.15, 0.2) is 39.9 Å². The SMILES string of the molecule is CC.CC.CCC1=CCC(CC)=CC(C(CC)(COC)CC(=NC(=O)CO)N2CC(C)N(C)C(=O)C2C)=C1. The Labute approximate surface area is 232 Å². The number of aliphatic hydroxyl groups excluding tert-OH is 1. The maximum atomic E-state index is 12.9. The molecule has 0 aromatic rings. The molecule has 0 aromatic carbocycles. The van der Waals surface area contributed by atoms with Crippen molar-refractivity contribution in [2.24, 2.45) is 10.4 Å². The van der Waals surface area contributed by atoms with Crippen LogP contribution in [0.4, 0.5) is 0 Å². The van der Waals surface area contributed by atoms with Gasteiger partial charge in [-0.15, -0.1) is 0 Å². The van der Waals surface area contributed by atoms with Crippen LogP contribution in [0.25, 0.3) is 0 Å². The number of hydrogen-bond donors (Lipinski definition) is 1. The van der Waals surface area contributed by atoms with Crippen LogP contribution in [0, 0.1) is 5.41 Å². The smallest absolute Gasteiger partial charge is 0.273 e. The van der Waals surface area contributed by atoms with Crippen LogP contribution in [0.2, 0.25) is 0 Å². The molecular weight excluding hydrogens is 478 g/mol. The molecule has 38 heavy (non-hydrogen) atoms. The molecular formula is C31H55N3O4. The zero-order valence-corrected chi connectivity index (χ0v) is 26.1. The minimum atomic E-state index is -0.663. The minimum Gasteiger partial charge on any atom is -0.386 e. The van der Waals surface area contributed by atoms with E-state index < -0.39 is 24.0 Å². The summed E-state index contributed by atoms with van der Waals surface area (Å²) in [6.45, 7) is 18.7. The molecule has 7 nitrogen and oxygen atoms in total. The number of methoxy groups -OCH3 is 1. The monoisotopic (exact) mass is 533 g/mol. The van der Waals surface area contributed by atoms with Crippen LogP contribution < -0.4 is 0 Å². The van der Waals surface area contributed by atoms with E-state index in [1.165, 1.54) is 16.7 Å². The highest BCUT2D eigenvalue weighted by atomic mass is 16.5. The molecule has 0 radical (unpaired) electrons. The van der Waals surface area contributed by atoms with Crippen molar-refractivity contribution in [2.45, 2.75) is 107 Å². The summed E-state index contributed by atoms with van der Waals surface area (Å²) >= 11 is 0. The van der Waals surface area contributed by atoms with E-state index in [2.05, 4.69) is 44.0 Å². The van der Waals surface area contributed by atoms with Gasteiger partial charge in [-0.05, 0) is 45.1 Å². The molecule has 7 heteroatoms. The van der Waals surface area contributed by atoms with Gasteiger partial charge in [0, 0.05) is 38.6 Å². The number of aliphatic imine (C=N–C) groups is 1. The van der Waals surface area contributed by atoms with Gasteiger partial charge in [0.05, 0.1) is 6.61 Å². The van der Waals surface area contributed by atoms with Crippen molar-refractivity contribution in [1.29, 1.82) is 0 Å². The molecule has 1 N–H and O–H groups in total. The highest BCUT2D eigenvalue weighted by Gasteiger charge is 2.40. The first-order valence-corrected chi connectivity index (χ1v) is 14.5. The fourth-order valence-electron chi connectivity index (χ4n) is 4.81. The van der Waals surface area contributed by atoms with Crippen molar-refractivity contribution < 1.29 is 19.4 Å². The zero-order chi connectivity index (χ0) is 29.5. The third kappa shape index (κ3) is 9.19. The fourth-order valence-corrected chi connectivity index (χ4v) is 4.81. The summed E-state index contributed by atoms with van der Waals surface area (Å²) in [5, 5.41) is 9.47. The van der Waals surface area contributed by atoms with Gasteiger partial charge >= 0.3 is 0 Å². The summed E-state index contributed by atoms with van der Waals surface area (Å²) in [6.07, 6.45) is 10.9. The number of carbonyl (C=O) groups is 2. The molecule has 0 aromatic heterocycles. The quantitative estimate of drug-likeness (QED) is 0.293. The number of allylic oxidation sites excluding steroid dienone is 5. The lowest BCUT2D eigenvalue weighted by Gasteiger charge is -2.45. The van der Waals surface area contributed by atoms with E-state index in [-0.39, 0.29) is 11.9 Å². The van der Waals surface area contributed by atoms with Gasteiger partial charge in [0.15, 0.2) is 0 Å². The summed E-state index contributed by atoms with van der Waals surface area (Å²) in [4.78, 5) is 33.3. The number of rotatable bonds is 9. The lowest BCUT2D eigenvalue weighted by Crippen LogP contribution is -2.60. The Bertz CT molecular complexity index is 874. The number of piperazine rings is 1. The Balaban J connectivity index is 0.00000326. The largest absolute Gasteiger partial charge is 0.386 e. The summed E-state index contributed by atoms with van der Waals surface area (Å²) in [5.74, 6) is -0.0652. The Morgan fingerprint density at radius 3 is 2.26 bits per heavy atom. The molecule has 218 valence electrons. The van der Waals surface area contributed by atoms with Crippen molar-refractivity contribution in [3.05, 3.63) is 34.9 Å². The van der Waals surface area contributed by atoms with Crippen LogP contribution in [0.1, 0.15) is 94.4 Å². The molecule has 1 saturated heterocycles. The second-order valence-corrected chi connectivity index (χ2v) is 9.54. The predicted molar refractivity (Wildman–Crippen MR) is 159 cm³/mol. The van der Waals surface area contributed by atoms with Gasteiger partial charge in [0.2, 0.25) is 5.91 Å². The third-order valence-corrected chi connectivity index (χ3v) is 7.41. The minimum absolute atomic E-state index is 0.00483. The van der Waals surface area contributed by atoms with Crippen molar-refractivity contribution in [2.75, 3.05) is 33.9 Å². The maximum absolute atomic E-state index is 12.9. The van der Waals surface area contributed by atoms with E-state index in [1.54, 1.807) is 12.0 Å². The van der Waals surface area contributed by atoms with Gasteiger partial charge in [-0.2, -0.15) is 4.99 Å². The summed E-state index contributed by atoms with van der Waals surface area (Å²) in [7, 11) is 3.51. The Morgan fingerprint density at radius 2 is 1.76 bits per heavy atom. The Hall–Kier alpha value is -2.25. The van der Waals surface area contributed by atoms with E-state index >= 15 is 0 Å². The molecule has 2 aliphatic rings. The van der Waals surface area contributed by atoms with Gasteiger partial charge in [0.25, 0.3) is 5.91 Å². The molecule has 1 heterocycles. The van der Waals surface area contributed by atoms with E-state index in [0.29, 0.717) is 25.4 Å². The molecule has 1 aliphatic heterocycles. The standard InChI is InChI=1S/C27H43N3O4.2C2H6/c1-8-21-11-12-22(9-2)14-23(13-21)27(10-3,18-34-7)15-24(28-25(32)17-31)30-16-19(4)29(6)26(33)20(30)5;2*1-2/h11,13-14,19-20,31H,8-10,12,15-18H2,1-7H3;2*1-2H3. The van der Waals surface area contributed by atoms with E-state index in [0.717, 1.165) is 25.7 Å². The molecule has 1 fully saturated rings. The number of likely N-dealkylation sites (N-methyl/N-ethyl adjacent to an activating group) is 1. The van der Waals surface area contributed by atoms with Crippen molar-refractivity contribution in [1.82, 2.24) is 9.80 Å². The first-order chi connectivity index (χ1) is 18.2. The topological polar surface area (TPSA) is 82.4 Å². The highest BCUT2D eigenvalue weighted by molar-refractivity contribution is 5.98. The molecule has 3 unspecified atom stereocenters. The van der Waals surface area contributed by atoms with Crippen LogP contribution >= 0.6 is 0 Å². The molecule has 0 bridgehead atoms. The van der Waals surface area contributed by atoms with E-state index in [1.807, 2.05) is 53.5 Å². The van der Waals surface area contributed by atoms with Crippen molar-refractivity contribution in [3.63, 3.8) is 0 Å². The van der Waals surface area contributed by atoms with Crippen molar-refractivity contribution >= 4 is 17.6 Å². The normalized spacial score (nSPS) is 21.5. The number of amidine groups is 1. The number of nitrogens with zero attached hydrogens (tertiary/aromatic N) is 3. The molecule has 3 atom stereocenters. The average molecular weight is 534 g/mol. The average Bonchev–Trinajstić information content (AvgIpc) is 3.18. The van der Waals surface area contributed by atoms with Crippen LogP contribution in [0.5, 0.6) is 0 Å². The van der Waals surface area contributed by atoms with Gasteiger partial charge in [-0.3, -0.25) is 9.59 Å². The van der Waals surface area contributed by atoms with Gasteiger partial charge in [-0.25, -0.2) is 0 Å². The summed E-state index contributed by atoms with van der Waals surface area (Å²) in [5.41, 5.74) is 3.37. The maximum Gasteiger partial charge on any atom is 0.273 e. The van der Waals surface area contributed by atoms with Gasteiger partial charge in [0.1, 0.15) is 18.5 Å². The Kier molecular flexibility index (Phi) is 17.0. The first kappa shape index (κ1) is 35.8. The van der Waals surface area contributed by atoms with E-state index in [9.17, 15) is 14.7 Å². The lowest BCUT2D eigenvalue weighted by molar-refractivity contribution is -0.140. The van der Waals surface area contributed by atoms with Crippen LogP contribution in [-0.2, 0) is 14.3 Å². The third-order valence-electron chi connectivity index (χ3n) is 7.41. The summed E-state index contributed by atoms with van der Waals surface area (Å²) < 4.78 is 5.76. The highest BCUT2D eigenvalue weighted by Crippen LogP contribution is 2.41. The lowest BCUT2D eigenvalue weighted by atomic mass is 9.73. The number of ether oxygens (including phenoxy) is 1. The number of hydrogen-bond acceptors (Lipinski definition) is 4. The molecule has 0 saturated carbocycles. The number of aliphatic hydroxyl groups is 1. The first-order valence-electron chi connectivity index (χ1n) is 14.5. The van der Waals surface area contributed by atoms with Gasteiger partial charge in [-0.1, -0.05) is 77.8 Å². The van der Waals surface area contributed by atoms with Crippen LogP contribution in [0.3, 0.4) is 0 Å². The molecule has 0 spiro atoms. The Morgan fingerprint density at radius 1 is 1.13 bits per heavy atom. The van der Waals surface area contributed by atoms with Crippen molar-refractivity contribution in [3.8, 4) is 0 Å². The fraction of sp³-hybridized carbons (Fsp3) is 0.710. The van der Waals surface area contributed by atoms with E-state index in [4.69, 9.17) is 4.74 Å². The number of amides is 2. The molecule has 1 aliphatic carbocycles. The molecule has 2 amide bonds. The zero-order valence-electron chi connectivity index (χ0n) is 26.1. The second kappa shape index (κ2) is 18.1.